The van der Waals surface area contributed by atoms with Crippen LogP contribution >= 0.6 is 34.8 Å². The van der Waals surface area contributed by atoms with Crippen molar-refractivity contribution in [3.63, 3.8) is 0 Å². The Hall–Kier alpha value is -12.5. The minimum atomic E-state index is -0.899. The Kier molecular flexibility index (Phi) is 26.5. The van der Waals surface area contributed by atoms with Gasteiger partial charge in [-0.2, -0.15) is 15.0 Å². The highest BCUT2D eigenvalue weighted by molar-refractivity contribution is 6.35. The topological polar surface area (TPSA) is 273 Å². The van der Waals surface area contributed by atoms with E-state index >= 15 is 8.78 Å². The maximum Gasteiger partial charge on any atom is 0.355 e. The van der Waals surface area contributed by atoms with Gasteiger partial charge in [-0.25, -0.2) is 56.2 Å². The van der Waals surface area contributed by atoms with Gasteiger partial charge in [0.15, 0.2) is 28.6 Å². The van der Waals surface area contributed by atoms with Crippen LogP contribution in [0.5, 0.6) is 5.75 Å². The number of hydrogen-bond donors (Lipinski definition) is 1. The Bertz CT molecular complexity index is 6520. The van der Waals surface area contributed by atoms with E-state index in [0.29, 0.717) is 112 Å². The van der Waals surface area contributed by atoms with Crippen molar-refractivity contribution in [3.05, 3.63) is 257 Å². The van der Waals surface area contributed by atoms with E-state index in [1.165, 1.54) is 51.6 Å². The number of halogens is 6. The number of aromatic hydroxyl groups is 1. The predicted molar refractivity (Wildman–Crippen MR) is 487 cm³/mol. The van der Waals surface area contributed by atoms with E-state index in [2.05, 4.69) is 73.4 Å². The van der Waals surface area contributed by atoms with Crippen LogP contribution in [0.2, 0.25) is 15.1 Å². The number of aryl methyl sites for hydroxylation is 4. The van der Waals surface area contributed by atoms with E-state index < -0.39 is 51.5 Å². The maximum absolute atomic E-state index is 15.9. The number of carbonyl (C=O) groups excluding carboxylic acids is 3. The first kappa shape index (κ1) is 90.2. The average Bonchev–Trinajstić information content (AvgIpc) is 0.738. The summed E-state index contributed by atoms with van der Waals surface area (Å²) in [5, 5.41) is 12.4. The van der Waals surface area contributed by atoms with Crippen LogP contribution in [0.4, 0.5) is 30.6 Å². The Morgan fingerprint density at radius 3 is 1.25 bits per heavy atom. The molecule has 0 aliphatic carbocycles. The highest BCUT2D eigenvalue weighted by Gasteiger charge is 2.40. The summed E-state index contributed by atoms with van der Waals surface area (Å²) in [6.45, 7) is 44.6. The van der Waals surface area contributed by atoms with Gasteiger partial charge in [-0.3, -0.25) is 29.3 Å². The number of rotatable bonds is 15. The van der Waals surface area contributed by atoms with Crippen LogP contribution in [0.25, 0.3) is 83.9 Å². The molecule has 3 fully saturated rings. The van der Waals surface area contributed by atoms with Crippen molar-refractivity contribution in [1.82, 2.24) is 73.3 Å². The van der Waals surface area contributed by atoms with Crippen molar-refractivity contribution in [2.75, 3.05) is 54.0 Å². The van der Waals surface area contributed by atoms with Crippen LogP contribution < -0.4 is 31.8 Å². The standard InChI is InChI=1S/C32H35ClN6O2.C31H31Cl2FN6O2.C31H32F2N6O3/c1-8-26(40)37-16-22(7)38(17-21(37)6)30-24-15-25(33)28(23-12-10-9-11-19(23)4)35-31(24)39(32(41)36-30)29-20(5)13-14-34-27(29)18(2)3;1-7-24(41)38-14-19(6)39(15-18(38)5)29-21-13-23(33)27(20-9-8-10-22(32)25(20)34)36-30(21)40(31(42)37-29)28-17(4)11-12-35-26(28)16(2)3;1-7-24(41)37-13-14-38(19(6)18(37)5)29-20-15-22(33)27(25-21(32)9-8-10-23(25)40)35-30(20)39(31(42)36-29)28-17(4)11-12-34-26(28)16(2)3/h8-15,18,21-22H,1,16-17H2,2-7H3;7-13,16,18-19H,1,14-15H2,2-6H3;7-12,15-16,18-19,40H,1,13-14H2,2-6H3/t;;18-,19+/m..0/s1. The number of benzene rings is 3. The van der Waals surface area contributed by atoms with Crippen molar-refractivity contribution < 1.29 is 32.7 Å². The smallest absolute Gasteiger partial charge is 0.355 e. The summed E-state index contributed by atoms with van der Waals surface area (Å²) in [7, 11) is 0. The molecule has 0 saturated carbocycles. The normalized spacial score (nSPS) is 17.3. The third-order valence-corrected chi connectivity index (χ3v) is 24.3. The fourth-order valence-corrected chi connectivity index (χ4v) is 17.5. The Balaban J connectivity index is 0.000000161. The quantitative estimate of drug-likeness (QED) is 0.0934. The number of carbonyl (C=O) groups is 3. The highest BCUT2D eigenvalue weighted by Crippen LogP contribution is 2.43. The van der Waals surface area contributed by atoms with Gasteiger partial charge < -0.3 is 34.5 Å². The van der Waals surface area contributed by atoms with Crippen molar-refractivity contribution in [2.24, 2.45) is 0 Å². The maximum atomic E-state index is 15.9. The number of amides is 3. The minimum absolute atomic E-state index is 0.0185. The molecule has 4 unspecified atom stereocenters. The second-order valence-electron chi connectivity index (χ2n) is 32.8. The molecule has 15 rings (SSSR count). The lowest BCUT2D eigenvalue weighted by Gasteiger charge is -2.45. The van der Waals surface area contributed by atoms with E-state index in [4.69, 9.17) is 44.8 Å². The number of phenolic OH excluding ortho intramolecular Hbond substituents is 1. The molecule has 3 aromatic carbocycles. The summed E-state index contributed by atoms with van der Waals surface area (Å²) in [4.78, 5) is 132. The molecule has 0 bridgehead atoms. The molecule has 0 radical (unpaired) electrons. The predicted octanol–water partition coefficient (Wildman–Crippen LogP) is 17.0. The lowest BCUT2D eigenvalue weighted by Crippen LogP contribution is -2.59. The average molecular weight is 1760 g/mol. The molecule has 6 atom stereocenters. The van der Waals surface area contributed by atoms with E-state index in [9.17, 15) is 38.3 Å². The number of aromatic nitrogens is 12. The number of nitrogens with zero attached hydrogens (tertiary/aromatic N) is 18. The third-order valence-electron chi connectivity index (χ3n) is 23.4. The van der Waals surface area contributed by atoms with Gasteiger partial charge in [-0.1, -0.05) is 132 Å². The molecule has 648 valence electrons. The van der Waals surface area contributed by atoms with Gasteiger partial charge in [-0.15, -0.1) is 0 Å². The Labute approximate surface area is 736 Å². The molecule has 31 heteroatoms. The van der Waals surface area contributed by atoms with Crippen LogP contribution in [-0.4, -0.2) is 172 Å². The molecule has 9 aromatic heterocycles. The van der Waals surface area contributed by atoms with Crippen molar-refractivity contribution in [2.45, 2.75) is 165 Å². The van der Waals surface area contributed by atoms with Gasteiger partial charge in [-0.05, 0) is 188 Å². The van der Waals surface area contributed by atoms with Crippen molar-refractivity contribution in [3.8, 4) is 56.6 Å². The van der Waals surface area contributed by atoms with E-state index in [0.717, 1.165) is 34.0 Å². The second kappa shape index (κ2) is 36.7. The number of fused-ring (bicyclic) bond motifs is 3. The summed E-state index contributed by atoms with van der Waals surface area (Å²) >= 11 is 19.8. The molecule has 0 spiro atoms. The number of pyridine rings is 6. The van der Waals surface area contributed by atoms with Gasteiger partial charge in [0, 0.05) is 105 Å². The molecule has 12 heterocycles. The zero-order valence-corrected chi connectivity index (χ0v) is 74.7. The first-order chi connectivity index (χ1) is 59.4. The summed E-state index contributed by atoms with van der Waals surface area (Å²) in [5.74, 6) is -2.37. The highest BCUT2D eigenvalue weighted by atomic mass is 35.5. The molecule has 25 nitrogen and oxygen atoms in total. The minimum Gasteiger partial charge on any atom is -0.507 e. The fourth-order valence-electron chi connectivity index (χ4n) is 16.8. The zero-order valence-electron chi connectivity index (χ0n) is 72.5. The fraction of sp³-hybridized carbons (Fsp3) is 0.330. The van der Waals surface area contributed by atoms with Crippen LogP contribution in [0, 0.1) is 45.1 Å². The van der Waals surface area contributed by atoms with Crippen LogP contribution in [0.1, 0.15) is 140 Å². The number of anilines is 3. The molecule has 1 N–H and O–H groups in total. The number of hydrogen-bond acceptors (Lipinski definition) is 19. The third kappa shape index (κ3) is 17.1. The molecule has 3 aliphatic heterocycles. The molecule has 12 aromatic rings. The van der Waals surface area contributed by atoms with Gasteiger partial charge in [0.25, 0.3) is 0 Å². The van der Waals surface area contributed by atoms with Gasteiger partial charge >= 0.3 is 17.1 Å². The SMILES string of the molecule is C=CC(=O)N1CC(C)N(c2nc(=O)n(-c3c(C)ccnc3C(C)C)c3nc(-c4cccc(Cl)c4F)c(Cl)cc23)CC1C.C=CC(=O)N1CC(C)N(c2nc(=O)n(-c3c(C)ccnc3C(C)C)c3nc(-c4ccccc4C)c(Cl)cc23)CC1C.C=CC(=O)N1CCN(c2nc(=O)n(-c3c(C)ccnc3C(C)C)c3nc(-c4c(O)cccc4F)c(F)cc23)[C@H](C)[C@@H]1C. The summed E-state index contributed by atoms with van der Waals surface area (Å²) in [5.41, 5.74) is 7.17. The van der Waals surface area contributed by atoms with Crippen molar-refractivity contribution in [1.29, 1.82) is 0 Å². The molecule has 3 amide bonds. The summed E-state index contributed by atoms with van der Waals surface area (Å²) in [6.07, 6.45) is 9.01. The van der Waals surface area contributed by atoms with Crippen molar-refractivity contribution >= 4 is 103 Å². The van der Waals surface area contributed by atoms with E-state index in [1.54, 1.807) is 62.1 Å². The monoisotopic (exact) mass is 1750 g/mol. The molecular formula is C94H98Cl3F3N18O7. The van der Waals surface area contributed by atoms with Crippen LogP contribution in [0.3, 0.4) is 0 Å². The largest absolute Gasteiger partial charge is 0.507 e. The van der Waals surface area contributed by atoms with Gasteiger partial charge in [0.2, 0.25) is 17.7 Å². The van der Waals surface area contributed by atoms with Gasteiger partial charge in [0.05, 0.1) is 82.3 Å². The van der Waals surface area contributed by atoms with Gasteiger partial charge in [0.1, 0.15) is 34.7 Å². The van der Waals surface area contributed by atoms with Crippen LogP contribution in [-0.2, 0) is 14.4 Å². The first-order valence-electron chi connectivity index (χ1n) is 41.3. The molecule has 3 saturated heterocycles. The summed E-state index contributed by atoms with van der Waals surface area (Å²) < 4.78 is 50.3. The second-order valence-corrected chi connectivity index (χ2v) is 34.1. The number of phenols is 1. The lowest BCUT2D eigenvalue weighted by molar-refractivity contribution is -0.129. The zero-order chi connectivity index (χ0) is 90.5. The molecule has 125 heavy (non-hydrogen) atoms. The van der Waals surface area contributed by atoms with E-state index in [-0.39, 0.29) is 116 Å². The Morgan fingerprint density at radius 2 is 0.824 bits per heavy atom. The molecular weight excluding hydrogens is 1660 g/mol. The first-order valence-corrected chi connectivity index (χ1v) is 42.4. The van der Waals surface area contributed by atoms with E-state index in [1.807, 2.05) is 149 Å². The number of piperazine rings is 3. The Morgan fingerprint density at radius 1 is 0.432 bits per heavy atom. The van der Waals surface area contributed by atoms with Crippen LogP contribution in [0.15, 0.2) is 168 Å². The molecule has 3 aliphatic rings. The summed E-state index contributed by atoms with van der Waals surface area (Å²) in [6, 6.07) is 25.1. The lowest BCUT2D eigenvalue weighted by atomic mass is 10.0.